The maximum absolute atomic E-state index is 13.0. The number of fused-ring (bicyclic) bond motifs is 3. The van der Waals surface area contributed by atoms with Crippen molar-refractivity contribution in [2.45, 2.75) is 52.7 Å². The molecule has 25 heavy (non-hydrogen) atoms. The van der Waals surface area contributed by atoms with Gasteiger partial charge in [-0.2, -0.15) is 5.10 Å². The van der Waals surface area contributed by atoms with Gasteiger partial charge in [0, 0.05) is 28.9 Å². The molecule has 1 N–H and O–H groups in total. The standard InChI is InChI=1S/C19H24N4O2/c1-4-10-22-16-9-7-6-8-14(16)15-11-20-23(19(25)18(15)22)12-17(24)21-13(3)5-2/h6-9,11,13H,4-5,10,12H2,1-3H3,(H,21,24)/t13-/m0/s1. The number of amides is 1. The molecule has 0 saturated carbocycles. The molecule has 0 spiro atoms. The van der Waals surface area contributed by atoms with Crippen LogP contribution < -0.4 is 10.9 Å². The molecule has 2 aromatic heterocycles. The third-order valence-electron chi connectivity index (χ3n) is 4.53. The number of carbonyl (C=O) groups excluding carboxylic acids is 1. The Morgan fingerprint density at radius 3 is 2.72 bits per heavy atom. The van der Waals surface area contributed by atoms with Crippen LogP contribution in [0.1, 0.15) is 33.6 Å². The molecule has 6 nitrogen and oxygen atoms in total. The molecule has 132 valence electrons. The van der Waals surface area contributed by atoms with Crippen molar-refractivity contribution in [2.75, 3.05) is 0 Å². The number of rotatable bonds is 6. The Balaban J connectivity index is 2.10. The van der Waals surface area contributed by atoms with Crippen molar-refractivity contribution in [2.24, 2.45) is 0 Å². The van der Waals surface area contributed by atoms with E-state index in [-0.39, 0.29) is 24.1 Å². The first-order valence-corrected chi connectivity index (χ1v) is 8.83. The van der Waals surface area contributed by atoms with Gasteiger partial charge in [0.25, 0.3) is 5.56 Å². The Morgan fingerprint density at radius 2 is 2.00 bits per heavy atom. The van der Waals surface area contributed by atoms with Gasteiger partial charge >= 0.3 is 0 Å². The fourth-order valence-corrected chi connectivity index (χ4v) is 3.12. The molecule has 1 aromatic carbocycles. The number of aryl methyl sites for hydroxylation is 1. The summed E-state index contributed by atoms with van der Waals surface area (Å²) < 4.78 is 3.29. The van der Waals surface area contributed by atoms with Gasteiger partial charge in [0.2, 0.25) is 5.91 Å². The highest BCUT2D eigenvalue weighted by Gasteiger charge is 2.16. The van der Waals surface area contributed by atoms with Gasteiger partial charge in [0.1, 0.15) is 12.1 Å². The summed E-state index contributed by atoms with van der Waals surface area (Å²) >= 11 is 0. The smallest absolute Gasteiger partial charge is 0.291 e. The summed E-state index contributed by atoms with van der Waals surface area (Å²) in [5, 5.41) is 8.97. The van der Waals surface area contributed by atoms with Crippen LogP contribution in [0, 0.1) is 0 Å². The first kappa shape index (κ1) is 17.2. The molecule has 0 aliphatic heterocycles. The van der Waals surface area contributed by atoms with Gasteiger partial charge in [-0.1, -0.05) is 32.0 Å². The van der Waals surface area contributed by atoms with E-state index < -0.39 is 0 Å². The van der Waals surface area contributed by atoms with Crippen molar-refractivity contribution in [1.82, 2.24) is 19.7 Å². The van der Waals surface area contributed by atoms with Crippen LogP contribution in [-0.4, -0.2) is 26.3 Å². The minimum absolute atomic E-state index is 0.0627. The maximum atomic E-state index is 13.0. The van der Waals surface area contributed by atoms with Gasteiger partial charge in [-0.3, -0.25) is 9.59 Å². The molecule has 0 aliphatic rings. The van der Waals surface area contributed by atoms with Crippen LogP contribution in [0.4, 0.5) is 0 Å². The molecule has 0 radical (unpaired) electrons. The molecule has 0 saturated heterocycles. The Bertz CT molecular complexity index is 971. The summed E-state index contributed by atoms with van der Waals surface area (Å²) in [4.78, 5) is 25.1. The molecule has 3 aromatic rings. The van der Waals surface area contributed by atoms with E-state index in [0.717, 1.165) is 35.7 Å². The second-order valence-corrected chi connectivity index (χ2v) is 6.42. The maximum Gasteiger partial charge on any atom is 0.291 e. The highest BCUT2D eigenvalue weighted by atomic mass is 16.2. The monoisotopic (exact) mass is 340 g/mol. The SMILES string of the molecule is CCCn1c2ccccc2c2cnn(CC(=O)N[C@@H](C)CC)c(=O)c21. The second-order valence-electron chi connectivity index (χ2n) is 6.42. The predicted octanol–water partition coefficient (Wildman–Crippen LogP) is 2.68. The zero-order chi connectivity index (χ0) is 18.0. The molecule has 1 atom stereocenters. The summed E-state index contributed by atoms with van der Waals surface area (Å²) in [5.74, 6) is -0.193. The zero-order valence-electron chi connectivity index (χ0n) is 15.0. The molecule has 0 aliphatic carbocycles. The van der Waals surface area contributed by atoms with Gasteiger partial charge in [0.15, 0.2) is 0 Å². The quantitative estimate of drug-likeness (QED) is 0.750. The Morgan fingerprint density at radius 1 is 1.24 bits per heavy atom. The minimum atomic E-state index is -0.221. The highest BCUT2D eigenvalue weighted by Crippen LogP contribution is 2.26. The van der Waals surface area contributed by atoms with Crippen LogP contribution in [0.25, 0.3) is 21.8 Å². The normalized spacial score (nSPS) is 12.6. The third kappa shape index (κ3) is 3.16. The molecule has 3 rings (SSSR count). The lowest BCUT2D eigenvalue weighted by atomic mass is 10.2. The Kier molecular flexibility index (Phi) is 4.88. The van der Waals surface area contributed by atoms with Crippen LogP contribution in [0.5, 0.6) is 0 Å². The van der Waals surface area contributed by atoms with E-state index in [4.69, 9.17) is 0 Å². The number of nitrogens with one attached hydrogen (secondary N) is 1. The van der Waals surface area contributed by atoms with E-state index in [1.54, 1.807) is 6.20 Å². The lowest BCUT2D eigenvalue weighted by Gasteiger charge is -2.12. The first-order valence-electron chi connectivity index (χ1n) is 8.83. The van der Waals surface area contributed by atoms with E-state index in [1.165, 1.54) is 4.68 Å². The lowest BCUT2D eigenvalue weighted by molar-refractivity contribution is -0.122. The van der Waals surface area contributed by atoms with Gasteiger partial charge in [0.05, 0.1) is 6.20 Å². The topological polar surface area (TPSA) is 68.9 Å². The average Bonchev–Trinajstić information content (AvgIpc) is 2.92. The Hall–Kier alpha value is -2.63. The predicted molar refractivity (Wildman–Crippen MR) is 99.7 cm³/mol. The van der Waals surface area contributed by atoms with Gasteiger partial charge in [-0.15, -0.1) is 0 Å². The number of hydrogen-bond acceptors (Lipinski definition) is 3. The molecule has 1 amide bonds. The molecule has 0 bridgehead atoms. The van der Waals surface area contributed by atoms with Crippen LogP contribution in [0.3, 0.4) is 0 Å². The number of hydrogen-bond donors (Lipinski definition) is 1. The fraction of sp³-hybridized carbons (Fsp3) is 0.421. The van der Waals surface area contributed by atoms with E-state index in [9.17, 15) is 9.59 Å². The summed E-state index contributed by atoms with van der Waals surface area (Å²) in [5.41, 5.74) is 1.43. The highest BCUT2D eigenvalue weighted by molar-refractivity contribution is 6.07. The zero-order valence-corrected chi connectivity index (χ0v) is 15.0. The molecular weight excluding hydrogens is 316 g/mol. The molecule has 0 fully saturated rings. The van der Waals surface area contributed by atoms with Crippen LogP contribution in [-0.2, 0) is 17.9 Å². The number of benzene rings is 1. The molecular formula is C19H24N4O2. The third-order valence-corrected chi connectivity index (χ3v) is 4.53. The van der Waals surface area contributed by atoms with Gasteiger partial charge < -0.3 is 9.88 Å². The molecule has 0 unspecified atom stereocenters. The van der Waals surface area contributed by atoms with Crippen molar-refractivity contribution < 1.29 is 4.79 Å². The largest absolute Gasteiger partial charge is 0.352 e. The number of para-hydroxylation sites is 1. The van der Waals surface area contributed by atoms with Gasteiger partial charge in [-0.05, 0) is 25.8 Å². The van der Waals surface area contributed by atoms with Gasteiger partial charge in [-0.25, -0.2) is 4.68 Å². The number of nitrogens with zero attached hydrogens (tertiary/aromatic N) is 3. The van der Waals surface area contributed by atoms with Crippen molar-refractivity contribution >= 4 is 27.7 Å². The van der Waals surface area contributed by atoms with Crippen molar-refractivity contribution in [3.05, 3.63) is 40.8 Å². The number of carbonyl (C=O) groups is 1. The second kappa shape index (κ2) is 7.09. The number of aromatic nitrogens is 3. The van der Waals surface area contributed by atoms with Crippen molar-refractivity contribution in [3.63, 3.8) is 0 Å². The van der Waals surface area contributed by atoms with Crippen LogP contribution in [0.15, 0.2) is 35.3 Å². The van der Waals surface area contributed by atoms with Crippen molar-refractivity contribution in [1.29, 1.82) is 0 Å². The lowest BCUT2D eigenvalue weighted by Crippen LogP contribution is -2.38. The summed E-state index contributed by atoms with van der Waals surface area (Å²) in [6.07, 6.45) is 3.46. The molecule has 6 heteroatoms. The van der Waals surface area contributed by atoms with E-state index in [1.807, 2.05) is 42.7 Å². The Labute approximate surface area is 146 Å². The van der Waals surface area contributed by atoms with E-state index in [0.29, 0.717) is 5.52 Å². The van der Waals surface area contributed by atoms with Crippen LogP contribution in [0.2, 0.25) is 0 Å². The van der Waals surface area contributed by atoms with Crippen molar-refractivity contribution in [3.8, 4) is 0 Å². The summed E-state index contributed by atoms with van der Waals surface area (Å²) in [6.45, 7) is 6.72. The average molecular weight is 340 g/mol. The van der Waals surface area contributed by atoms with E-state index in [2.05, 4.69) is 17.3 Å². The summed E-state index contributed by atoms with van der Waals surface area (Å²) in [7, 11) is 0. The fourth-order valence-electron chi connectivity index (χ4n) is 3.12. The minimum Gasteiger partial charge on any atom is -0.352 e. The summed E-state index contributed by atoms with van der Waals surface area (Å²) in [6, 6.07) is 8.04. The first-order chi connectivity index (χ1) is 12.1. The molecule has 2 heterocycles. The van der Waals surface area contributed by atoms with E-state index >= 15 is 0 Å². The van der Waals surface area contributed by atoms with Crippen LogP contribution >= 0.6 is 0 Å².